The number of alkyl halides is 3. The van der Waals surface area contributed by atoms with E-state index in [2.05, 4.69) is 10.3 Å². The van der Waals surface area contributed by atoms with Crippen molar-refractivity contribution in [2.24, 2.45) is 5.41 Å². The first kappa shape index (κ1) is 34.4. The lowest BCUT2D eigenvalue weighted by Crippen LogP contribution is -2.47. The van der Waals surface area contributed by atoms with Crippen molar-refractivity contribution in [3.8, 4) is 5.75 Å². The predicted molar refractivity (Wildman–Crippen MR) is 170 cm³/mol. The number of pyridine rings is 1. The monoisotopic (exact) mass is 639 g/mol. The van der Waals surface area contributed by atoms with Gasteiger partial charge >= 0.3 is 6.18 Å². The molecule has 2 heterocycles. The Kier molecular flexibility index (Phi) is 10.7. The first-order chi connectivity index (χ1) is 21.7. The topological polar surface area (TPSA) is 95.1 Å². The van der Waals surface area contributed by atoms with Gasteiger partial charge in [0.2, 0.25) is 11.8 Å². The standard InChI is InChI=1S/C34H40F3N5O4/c1-6-42-28-13-12-27(21-29(28)41(5)31(44)33(2,3)32(42)45)46-18-8-11-26-19-23(14-15-39-26)22-38-16-17-40(4)30(43)24-9-7-10-25(20-24)34(35,36)37/h7,9-10,12-15,19-21,38H,6,8,11,16-18,22H2,1-5H3. The summed E-state index contributed by atoms with van der Waals surface area (Å²) in [4.78, 5) is 47.7. The molecule has 4 rings (SSSR count). The van der Waals surface area contributed by atoms with Crippen molar-refractivity contribution in [1.29, 1.82) is 0 Å². The number of benzene rings is 2. The number of hydrogen-bond donors (Lipinski definition) is 1. The Morgan fingerprint density at radius 2 is 1.80 bits per heavy atom. The van der Waals surface area contributed by atoms with Gasteiger partial charge in [0.05, 0.1) is 23.5 Å². The number of carbonyl (C=O) groups excluding carboxylic acids is 3. The molecule has 0 aliphatic carbocycles. The molecule has 0 radical (unpaired) electrons. The number of anilines is 2. The molecule has 0 unspecified atom stereocenters. The molecule has 0 saturated carbocycles. The van der Waals surface area contributed by atoms with Crippen molar-refractivity contribution in [2.45, 2.75) is 46.3 Å². The highest BCUT2D eigenvalue weighted by Crippen LogP contribution is 2.40. The van der Waals surface area contributed by atoms with Crippen molar-refractivity contribution < 1.29 is 32.3 Å². The van der Waals surface area contributed by atoms with Gasteiger partial charge in [-0.25, -0.2) is 0 Å². The maximum Gasteiger partial charge on any atom is 0.416 e. The Morgan fingerprint density at radius 1 is 1.04 bits per heavy atom. The molecule has 3 aromatic rings. The van der Waals surface area contributed by atoms with Gasteiger partial charge in [0.25, 0.3) is 5.91 Å². The number of ether oxygens (including phenoxy) is 1. The summed E-state index contributed by atoms with van der Waals surface area (Å²) in [5.41, 5.74) is 1.16. The molecule has 1 aromatic heterocycles. The van der Waals surface area contributed by atoms with Crippen LogP contribution in [0.15, 0.2) is 60.8 Å². The molecular weight excluding hydrogens is 599 g/mol. The minimum Gasteiger partial charge on any atom is -0.494 e. The van der Waals surface area contributed by atoms with E-state index >= 15 is 0 Å². The van der Waals surface area contributed by atoms with E-state index in [0.717, 1.165) is 23.4 Å². The van der Waals surface area contributed by atoms with Crippen LogP contribution in [-0.4, -0.2) is 67.9 Å². The summed E-state index contributed by atoms with van der Waals surface area (Å²) in [6, 6.07) is 13.7. The number of aryl methyl sites for hydroxylation is 1. The predicted octanol–water partition coefficient (Wildman–Crippen LogP) is 5.33. The Bertz CT molecular complexity index is 1580. The highest BCUT2D eigenvalue weighted by atomic mass is 19.4. The SMILES string of the molecule is CCN1C(=O)C(C)(C)C(=O)N(C)c2cc(OCCCc3cc(CNCCN(C)C(=O)c4cccc(C(F)(F)F)c4)ccn3)ccc21. The summed E-state index contributed by atoms with van der Waals surface area (Å²) in [6.07, 6.45) is -1.40. The van der Waals surface area contributed by atoms with Crippen LogP contribution < -0.4 is 19.9 Å². The minimum atomic E-state index is -4.51. The van der Waals surface area contributed by atoms with Crippen LogP contribution >= 0.6 is 0 Å². The number of carbonyl (C=O) groups is 3. The number of halogens is 3. The van der Waals surface area contributed by atoms with Gasteiger partial charge in [0.1, 0.15) is 11.2 Å². The van der Waals surface area contributed by atoms with Crippen LogP contribution in [0.1, 0.15) is 54.4 Å². The fourth-order valence-corrected chi connectivity index (χ4v) is 5.32. The van der Waals surface area contributed by atoms with Crippen LogP contribution in [-0.2, 0) is 28.7 Å². The first-order valence-corrected chi connectivity index (χ1v) is 15.2. The molecule has 3 amide bonds. The molecule has 0 saturated heterocycles. The van der Waals surface area contributed by atoms with E-state index in [0.29, 0.717) is 62.8 Å². The quantitative estimate of drug-likeness (QED) is 0.213. The van der Waals surface area contributed by atoms with Crippen LogP contribution in [0.5, 0.6) is 5.75 Å². The van der Waals surface area contributed by atoms with Crippen LogP contribution in [0, 0.1) is 5.41 Å². The molecule has 0 fully saturated rings. The summed E-state index contributed by atoms with van der Waals surface area (Å²) < 4.78 is 45.0. The van der Waals surface area contributed by atoms with Crippen molar-refractivity contribution >= 4 is 29.1 Å². The molecule has 0 bridgehead atoms. The van der Waals surface area contributed by atoms with Crippen LogP contribution in [0.3, 0.4) is 0 Å². The van der Waals surface area contributed by atoms with Gasteiger partial charge in [-0.2, -0.15) is 13.2 Å². The molecule has 46 heavy (non-hydrogen) atoms. The lowest BCUT2D eigenvalue weighted by molar-refractivity contribution is -0.138. The highest BCUT2D eigenvalue weighted by Gasteiger charge is 2.45. The molecular formula is C34H40F3N5O4. The maximum atomic E-state index is 13.1. The third-order valence-corrected chi connectivity index (χ3v) is 8.00. The van der Waals surface area contributed by atoms with Gasteiger partial charge in [-0.3, -0.25) is 19.4 Å². The fraction of sp³-hybridized carbons (Fsp3) is 0.412. The minimum absolute atomic E-state index is 0.00624. The lowest BCUT2D eigenvalue weighted by atomic mass is 9.90. The van der Waals surface area contributed by atoms with Gasteiger partial charge in [-0.15, -0.1) is 0 Å². The number of rotatable bonds is 12. The second-order valence-electron chi connectivity index (χ2n) is 11.8. The molecule has 0 atom stereocenters. The molecule has 1 aliphatic rings. The number of hydrogen-bond acceptors (Lipinski definition) is 6. The average molecular weight is 640 g/mol. The fourth-order valence-electron chi connectivity index (χ4n) is 5.32. The molecule has 1 aliphatic heterocycles. The number of nitrogens with one attached hydrogen (secondary N) is 1. The zero-order chi connectivity index (χ0) is 33.6. The summed E-state index contributed by atoms with van der Waals surface area (Å²) in [6.45, 7) is 7.35. The smallest absolute Gasteiger partial charge is 0.416 e. The van der Waals surface area contributed by atoms with Crippen LogP contribution in [0.4, 0.5) is 24.5 Å². The summed E-state index contributed by atoms with van der Waals surface area (Å²) in [7, 11) is 3.23. The van der Waals surface area contributed by atoms with E-state index in [1.165, 1.54) is 21.9 Å². The van der Waals surface area contributed by atoms with E-state index in [1.54, 1.807) is 51.2 Å². The Morgan fingerprint density at radius 3 is 2.52 bits per heavy atom. The molecule has 0 spiro atoms. The lowest BCUT2D eigenvalue weighted by Gasteiger charge is -2.27. The van der Waals surface area contributed by atoms with Crippen molar-refractivity contribution in [3.63, 3.8) is 0 Å². The summed E-state index contributed by atoms with van der Waals surface area (Å²) >= 11 is 0. The van der Waals surface area contributed by atoms with Gasteiger partial charge in [-0.1, -0.05) is 6.07 Å². The number of amides is 3. The number of aromatic nitrogens is 1. The maximum absolute atomic E-state index is 13.1. The average Bonchev–Trinajstić information content (AvgIpc) is 3.08. The van der Waals surface area contributed by atoms with E-state index < -0.39 is 23.1 Å². The van der Waals surface area contributed by atoms with Gasteiger partial charge in [0.15, 0.2) is 0 Å². The van der Waals surface area contributed by atoms with Crippen molar-refractivity contribution in [2.75, 3.05) is 50.1 Å². The third kappa shape index (κ3) is 7.85. The van der Waals surface area contributed by atoms with Crippen LogP contribution in [0.2, 0.25) is 0 Å². The normalized spacial score (nSPS) is 14.6. The molecule has 1 N–H and O–H groups in total. The summed E-state index contributed by atoms with van der Waals surface area (Å²) in [5.74, 6) is -0.387. The zero-order valence-electron chi connectivity index (χ0n) is 26.8. The molecule has 2 aromatic carbocycles. The Balaban J connectivity index is 1.24. The first-order valence-electron chi connectivity index (χ1n) is 15.2. The van der Waals surface area contributed by atoms with Gasteiger partial charge in [0, 0.05) is 63.8 Å². The zero-order valence-corrected chi connectivity index (χ0v) is 26.8. The molecule has 246 valence electrons. The van der Waals surface area contributed by atoms with Gasteiger partial charge < -0.3 is 24.8 Å². The number of fused-ring (bicyclic) bond motifs is 1. The molecule has 12 heteroatoms. The van der Waals surface area contributed by atoms with E-state index in [4.69, 9.17) is 4.74 Å². The summed E-state index contributed by atoms with van der Waals surface area (Å²) in [5, 5.41) is 3.26. The second-order valence-corrected chi connectivity index (χ2v) is 11.8. The van der Waals surface area contributed by atoms with E-state index in [-0.39, 0.29) is 17.4 Å². The highest BCUT2D eigenvalue weighted by molar-refractivity contribution is 6.20. The number of nitrogens with zero attached hydrogens (tertiary/aromatic N) is 4. The van der Waals surface area contributed by atoms with Crippen LogP contribution in [0.25, 0.3) is 0 Å². The third-order valence-electron chi connectivity index (χ3n) is 8.00. The Hall–Kier alpha value is -4.45. The Labute approximate surface area is 267 Å². The largest absolute Gasteiger partial charge is 0.494 e. The van der Waals surface area contributed by atoms with Crippen molar-refractivity contribution in [3.05, 3.63) is 83.2 Å². The molecule has 9 nitrogen and oxygen atoms in total. The van der Waals surface area contributed by atoms with Gasteiger partial charge in [-0.05, 0) is 81.6 Å². The van der Waals surface area contributed by atoms with Crippen molar-refractivity contribution in [1.82, 2.24) is 15.2 Å². The van der Waals surface area contributed by atoms with E-state index in [9.17, 15) is 27.6 Å². The van der Waals surface area contributed by atoms with E-state index in [1.807, 2.05) is 25.1 Å². The number of likely N-dealkylation sites (N-methyl/N-ethyl adjacent to an activating group) is 1. The second kappa shape index (κ2) is 14.3.